The van der Waals surface area contributed by atoms with Crippen molar-refractivity contribution in [2.24, 2.45) is 0 Å². The lowest BCUT2D eigenvalue weighted by atomic mass is 10.0. The Morgan fingerprint density at radius 3 is 2.68 bits per heavy atom. The fourth-order valence-corrected chi connectivity index (χ4v) is 2.66. The summed E-state index contributed by atoms with van der Waals surface area (Å²) >= 11 is 0. The Balaban J connectivity index is 1.66. The number of ether oxygens (including phenoxy) is 2. The maximum absolute atomic E-state index is 5.93. The van der Waals surface area contributed by atoms with Crippen molar-refractivity contribution in [3.63, 3.8) is 0 Å². The summed E-state index contributed by atoms with van der Waals surface area (Å²) in [6.07, 6.45) is 3.00. The van der Waals surface area contributed by atoms with Crippen LogP contribution in [0.4, 0.5) is 5.69 Å². The van der Waals surface area contributed by atoms with Crippen LogP contribution in [0, 0.1) is 6.92 Å². The average Bonchev–Trinajstić information content (AvgIpc) is 2.34. The number of benzene rings is 1. The lowest BCUT2D eigenvalue weighted by molar-refractivity contribution is -0.0998. The van der Waals surface area contributed by atoms with Gasteiger partial charge < -0.3 is 14.8 Å². The van der Waals surface area contributed by atoms with Gasteiger partial charge in [0.25, 0.3) is 0 Å². The second-order valence-corrected chi connectivity index (χ2v) is 5.52. The first-order chi connectivity index (χ1) is 9.13. The summed E-state index contributed by atoms with van der Waals surface area (Å²) in [5, 5.41) is 3.39. The third-order valence-corrected chi connectivity index (χ3v) is 3.46. The van der Waals surface area contributed by atoms with Gasteiger partial charge in [0.1, 0.15) is 0 Å². The molecular formula is C16H25NO2. The first-order valence-corrected chi connectivity index (χ1v) is 7.21. The molecule has 1 aromatic carbocycles. The molecule has 3 heteroatoms. The molecule has 0 amide bonds. The SMILES string of the molecule is Cc1cccc(NCCOC2CC(C)OC(C)C2)c1. The van der Waals surface area contributed by atoms with E-state index in [1.54, 1.807) is 0 Å². The van der Waals surface area contributed by atoms with Gasteiger partial charge in [-0.05, 0) is 51.3 Å². The first-order valence-electron chi connectivity index (χ1n) is 7.21. The lowest BCUT2D eigenvalue weighted by Crippen LogP contribution is -2.34. The van der Waals surface area contributed by atoms with Crippen molar-refractivity contribution in [1.29, 1.82) is 0 Å². The summed E-state index contributed by atoms with van der Waals surface area (Å²) in [6.45, 7) is 7.95. The zero-order chi connectivity index (χ0) is 13.7. The maximum Gasteiger partial charge on any atom is 0.0642 e. The molecule has 0 saturated carbocycles. The van der Waals surface area contributed by atoms with Gasteiger partial charge in [-0.1, -0.05) is 12.1 Å². The molecule has 2 unspecified atom stereocenters. The van der Waals surface area contributed by atoms with Crippen molar-refractivity contribution in [3.05, 3.63) is 29.8 Å². The Hall–Kier alpha value is -1.06. The van der Waals surface area contributed by atoms with E-state index >= 15 is 0 Å². The second kappa shape index (κ2) is 6.92. The monoisotopic (exact) mass is 263 g/mol. The summed E-state index contributed by atoms with van der Waals surface area (Å²) in [6, 6.07) is 8.41. The largest absolute Gasteiger partial charge is 0.383 e. The molecule has 0 bridgehead atoms. The van der Waals surface area contributed by atoms with Crippen LogP contribution < -0.4 is 5.32 Å². The Kier molecular flexibility index (Phi) is 5.23. The Labute approximate surface area is 116 Å². The van der Waals surface area contributed by atoms with Crippen LogP contribution in [0.25, 0.3) is 0 Å². The van der Waals surface area contributed by atoms with E-state index in [-0.39, 0.29) is 0 Å². The van der Waals surface area contributed by atoms with Crippen LogP contribution in [0.15, 0.2) is 24.3 Å². The predicted molar refractivity (Wildman–Crippen MR) is 78.7 cm³/mol. The van der Waals surface area contributed by atoms with Crippen LogP contribution in [0.5, 0.6) is 0 Å². The number of aryl methyl sites for hydroxylation is 1. The highest BCUT2D eigenvalue weighted by molar-refractivity contribution is 5.45. The zero-order valence-corrected chi connectivity index (χ0v) is 12.2. The third kappa shape index (κ3) is 4.84. The number of hydrogen-bond acceptors (Lipinski definition) is 3. The Bertz CT molecular complexity index is 384. The molecule has 1 N–H and O–H groups in total. The van der Waals surface area contributed by atoms with Gasteiger partial charge >= 0.3 is 0 Å². The molecule has 19 heavy (non-hydrogen) atoms. The summed E-state index contributed by atoms with van der Waals surface area (Å²) in [5.74, 6) is 0. The van der Waals surface area contributed by atoms with E-state index in [0.717, 1.165) is 31.7 Å². The number of rotatable bonds is 5. The van der Waals surface area contributed by atoms with E-state index in [0.29, 0.717) is 18.3 Å². The van der Waals surface area contributed by atoms with E-state index in [1.807, 2.05) is 0 Å². The molecule has 0 radical (unpaired) electrons. The van der Waals surface area contributed by atoms with Gasteiger partial charge in [-0.25, -0.2) is 0 Å². The molecule has 1 aliphatic rings. The van der Waals surface area contributed by atoms with Crippen molar-refractivity contribution >= 4 is 5.69 Å². The molecule has 1 aromatic rings. The molecule has 2 atom stereocenters. The topological polar surface area (TPSA) is 30.5 Å². The van der Waals surface area contributed by atoms with Crippen molar-refractivity contribution in [1.82, 2.24) is 0 Å². The average molecular weight is 263 g/mol. The van der Waals surface area contributed by atoms with Gasteiger partial charge in [-0.3, -0.25) is 0 Å². The highest BCUT2D eigenvalue weighted by Gasteiger charge is 2.24. The minimum Gasteiger partial charge on any atom is -0.383 e. The minimum absolute atomic E-state index is 0.318. The van der Waals surface area contributed by atoms with E-state index in [9.17, 15) is 0 Å². The van der Waals surface area contributed by atoms with Crippen molar-refractivity contribution < 1.29 is 9.47 Å². The lowest BCUT2D eigenvalue weighted by Gasteiger charge is -2.32. The molecule has 0 aromatic heterocycles. The molecule has 1 fully saturated rings. The van der Waals surface area contributed by atoms with Gasteiger partial charge in [-0.15, -0.1) is 0 Å². The third-order valence-electron chi connectivity index (χ3n) is 3.46. The van der Waals surface area contributed by atoms with Crippen LogP contribution in [0.2, 0.25) is 0 Å². The van der Waals surface area contributed by atoms with Gasteiger partial charge in [0.2, 0.25) is 0 Å². The van der Waals surface area contributed by atoms with Crippen LogP contribution in [0.3, 0.4) is 0 Å². The molecule has 106 valence electrons. The molecule has 3 nitrogen and oxygen atoms in total. The highest BCUT2D eigenvalue weighted by atomic mass is 16.5. The standard InChI is InChI=1S/C16H25NO2/c1-12-5-4-6-15(9-12)17-7-8-18-16-10-13(2)19-14(3)11-16/h4-6,9,13-14,16-17H,7-8,10-11H2,1-3H3. The molecule has 2 rings (SSSR count). The number of hydrogen-bond donors (Lipinski definition) is 1. The molecule has 0 aliphatic carbocycles. The maximum atomic E-state index is 5.93. The van der Waals surface area contributed by atoms with Crippen LogP contribution in [-0.2, 0) is 9.47 Å². The summed E-state index contributed by atoms with van der Waals surface area (Å²) < 4.78 is 11.6. The van der Waals surface area contributed by atoms with E-state index in [4.69, 9.17) is 9.47 Å². The van der Waals surface area contributed by atoms with Gasteiger partial charge in [0.05, 0.1) is 24.9 Å². The summed E-state index contributed by atoms with van der Waals surface area (Å²) in [5.41, 5.74) is 2.44. The van der Waals surface area contributed by atoms with Crippen LogP contribution in [0.1, 0.15) is 32.3 Å². The Morgan fingerprint density at radius 1 is 1.26 bits per heavy atom. The minimum atomic E-state index is 0.318. The summed E-state index contributed by atoms with van der Waals surface area (Å²) in [4.78, 5) is 0. The fraction of sp³-hybridized carbons (Fsp3) is 0.625. The fourth-order valence-electron chi connectivity index (χ4n) is 2.66. The molecule has 1 saturated heterocycles. The van der Waals surface area contributed by atoms with E-state index in [1.165, 1.54) is 5.56 Å². The number of anilines is 1. The zero-order valence-electron chi connectivity index (χ0n) is 12.2. The van der Waals surface area contributed by atoms with Gasteiger partial charge in [-0.2, -0.15) is 0 Å². The Morgan fingerprint density at radius 2 is 2.00 bits per heavy atom. The second-order valence-electron chi connectivity index (χ2n) is 5.52. The van der Waals surface area contributed by atoms with Crippen molar-refractivity contribution in [2.45, 2.75) is 51.9 Å². The first kappa shape index (κ1) is 14.4. The summed E-state index contributed by atoms with van der Waals surface area (Å²) in [7, 11) is 0. The van der Waals surface area contributed by atoms with E-state index < -0.39 is 0 Å². The van der Waals surface area contributed by atoms with Crippen LogP contribution >= 0.6 is 0 Å². The molecule has 1 aliphatic heterocycles. The van der Waals surface area contributed by atoms with Crippen molar-refractivity contribution in [2.75, 3.05) is 18.5 Å². The molecular weight excluding hydrogens is 238 g/mol. The van der Waals surface area contributed by atoms with Crippen molar-refractivity contribution in [3.8, 4) is 0 Å². The highest BCUT2D eigenvalue weighted by Crippen LogP contribution is 2.21. The number of nitrogens with one attached hydrogen (secondary N) is 1. The molecule has 0 spiro atoms. The molecule has 1 heterocycles. The van der Waals surface area contributed by atoms with Gasteiger partial charge in [0, 0.05) is 12.2 Å². The van der Waals surface area contributed by atoms with E-state index in [2.05, 4.69) is 50.4 Å². The van der Waals surface area contributed by atoms with Gasteiger partial charge in [0.15, 0.2) is 0 Å². The van der Waals surface area contributed by atoms with Crippen LogP contribution in [-0.4, -0.2) is 31.5 Å². The quantitative estimate of drug-likeness (QED) is 0.826. The normalized spacial score (nSPS) is 27.2. The smallest absolute Gasteiger partial charge is 0.0642 e. The predicted octanol–water partition coefficient (Wildman–Crippen LogP) is 3.38.